The number of hydrogen-bond donors (Lipinski definition) is 0. The van der Waals surface area contributed by atoms with Gasteiger partial charge in [0.15, 0.2) is 0 Å². The second-order valence-electron chi connectivity index (χ2n) is 5.82. The van der Waals surface area contributed by atoms with E-state index in [2.05, 4.69) is 6.42 Å². The van der Waals surface area contributed by atoms with Gasteiger partial charge in [-0.3, -0.25) is 9.18 Å². The van der Waals surface area contributed by atoms with Crippen molar-refractivity contribution in [1.82, 2.24) is 0 Å². The van der Waals surface area contributed by atoms with Crippen LogP contribution >= 0.6 is 0 Å². The van der Waals surface area contributed by atoms with Gasteiger partial charge in [-0.2, -0.15) is 0 Å². The Hall–Kier alpha value is -0.440. The Morgan fingerprint density at radius 1 is 1.10 bits per heavy atom. The average molecular weight is 284 g/mol. The standard InChI is InChI=1S/C17H29FO2/c18-14-16(15-19)10-6-3-1-2-4-9-13-20-17-11-7-5-8-12-17/h5,16-17H,1-4,6-14H2. The zero-order valence-electron chi connectivity index (χ0n) is 12.6. The quantitative estimate of drug-likeness (QED) is 0.490. The van der Waals surface area contributed by atoms with E-state index in [4.69, 9.17) is 4.74 Å². The van der Waals surface area contributed by atoms with Crippen molar-refractivity contribution in [2.75, 3.05) is 13.3 Å². The van der Waals surface area contributed by atoms with Crippen LogP contribution in [0.4, 0.5) is 4.39 Å². The Kier molecular flexibility index (Phi) is 10.8. The monoisotopic (exact) mass is 284 g/mol. The fraction of sp³-hybridized carbons (Fsp3) is 0.882. The first-order chi connectivity index (χ1) is 9.86. The van der Waals surface area contributed by atoms with Gasteiger partial charge in [-0.15, -0.1) is 0 Å². The number of hydrogen-bond acceptors (Lipinski definition) is 2. The van der Waals surface area contributed by atoms with Crippen LogP contribution in [-0.4, -0.2) is 25.7 Å². The van der Waals surface area contributed by atoms with Gasteiger partial charge in [0.2, 0.25) is 6.29 Å². The second-order valence-corrected chi connectivity index (χ2v) is 5.82. The van der Waals surface area contributed by atoms with Crippen LogP contribution in [0.2, 0.25) is 0 Å². The lowest BCUT2D eigenvalue weighted by molar-refractivity contribution is 0.0326. The fourth-order valence-corrected chi connectivity index (χ4v) is 2.68. The maximum Gasteiger partial charge on any atom is 0.204 e. The molecular weight excluding hydrogens is 255 g/mol. The molecule has 1 fully saturated rings. The highest BCUT2D eigenvalue weighted by molar-refractivity contribution is 5.54. The molecule has 2 radical (unpaired) electrons. The summed E-state index contributed by atoms with van der Waals surface area (Å²) in [5.41, 5.74) is 0. The van der Waals surface area contributed by atoms with E-state index < -0.39 is 12.6 Å². The van der Waals surface area contributed by atoms with Gasteiger partial charge in [-0.05, 0) is 44.9 Å². The minimum atomic E-state index is -0.556. The van der Waals surface area contributed by atoms with Gasteiger partial charge in [0.1, 0.15) is 0 Å². The van der Waals surface area contributed by atoms with Crippen molar-refractivity contribution in [2.24, 2.45) is 5.92 Å². The van der Waals surface area contributed by atoms with Gasteiger partial charge in [0.25, 0.3) is 0 Å². The third kappa shape index (κ3) is 8.68. The summed E-state index contributed by atoms with van der Waals surface area (Å²) in [6.07, 6.45) is 16.9. The van der Waals surface area contributed by atoms with Crippen molar-refractivity contribution in [3.05, 3.63) is 6.42 Å². The van der Waals surface area contributed by atoms with Crippen molar-refractivity contribution in [1.29, 1.82) is 0 Å². The van der Waals surface area contributed by atoms with E-state index >= 15 is 0 Å². The summed E-state index contributed by atoms with van der Waals surface area (Å²) >= 11 is 0. The Balaban J connectivity index is 1.79. The van der Waals surface area contributed by atoms with Crippen LogP contribution in [0.25, 0.3) is 0 Å². The number of carbonyl (C=O) groups excluding carboxylic acids is 1. The number of unbranched alkanes of at least 4 members (excludes halogenated alkanes) is 5. The van der Waals surface area contributed by atoms with Gasteiger partial charge < -0.3 is 4.74 Å². The van der Waals surface area contributed by atoms with Gasteiger partial charge in [-0.25, -0.2) is 0 Å². The van der Waals surface area contributed by atoms with Gasteiger partial charge in [-0.1, -0.05) is 32.1 Å². The summed E-state index contributed by atoms with van der Waals surface area (Å²) in [4.78, 5) is 10.3. The van der Waals surface area contributed by atoms with Crippen LogP contribution < -0.4 is 0 Å². The molecule has 1 atom stereocenters. The van der Waals surface area contributed by atoms with Crippen molar-refractivity contribution in [3.8, 4) is 0 Å². The van der Waals surface area contributed by atoms with Crippen LogP contribution in [0.1, 0.15) is 70.6 Å². The normalized spacial score (nSPS) is 18.1. The molecule has 1 rings (SSSR count). The van der Waals surface area contributed by atoms with Crippen LogP contribution in [0.5, 0.6) is 0 Å². The van der Waals surface area contributed by atoms with Crippen molar-refractivity contribution in [2.45, 2.75) is 76.7 Å². The van der Waals surface area contributed by atoms with E-state index in [1.54, 1.807) is 6.29 Å². The molecule has 0 spiro atoms. The zero-order valence-corrected chi connectivity index (χ0v) is 12.6. The molecule has 0 heterocycles. The number of rotatable bonds is 12. The third-order valence-electron chi connectivity index (χ3n) is 4.04. The highest BCUT2D eigenvalue weighted by Crippen LogP contribution is 2.20. The van der Waals surface area contributed by atoms with Crippen LogP contribution in [0, 0.1) is 12.3 Å². The van der Waals surface area contributed by atoms with E-state index in [0.29, 0.717) is 12.5 Å². The van der Waals surface area contributed by atoms with E-state index in [9.17, 15) is 9.18 Å². The molecule has 1 unspecified atom stereocenters. The largest absolute Gasteiger partial charge is 0.378 e. The molecule has 0 saturated heterocycles. The first-order valence-corrected chi connectivity index (χ1v) is 8.23. The molecule has 1 saturated carbocycles. The Morgan fingerprint density at radius 2 is 1.75 bits per heavy atom. The van der Waals surface area contributed by atoms with E-state index in [1.165, 1.54) is 44.9 Å². The predicted octanol–water partition coefficient (Wildman–Crippen LogP) is 4.58. The Morgan fingerprint density at radius 3 is 2.40 bits per heavy atom. The SMILES string of the molecule is O=[C]C(CF)CCCCCCCCOC1CC[CH]CC1. The van der Waals surface area contributed by atoms with Crippen LogP contribution in [0.15, 0.2) is 0 Å². The Bertz CT molecular complexity index is 227. The summed E-state index contributed by atoms with van der Waals surface area (Å²) in [5.74, 6) is -0.490. The van der Waals surface area contributed by atoms with Crippen molar-refractivity contribution < 1.29 is 13.9 Å². The second kappa shape index (κ2) is 12.3. The summed E-state index contributed by atoms with van der Waals surface area (Å²) < 4.78 is 18.1. The molecule has 2 nitrogen and oxygen atoms in total. The zero-order chi connectivity index (χ0) is 14.5. The maximum atomic E-state index is 12.2. The highest BCUT2D eigenvalue weighted by Gasteiger charge is 2.13. The highest BCUT2D eigenvalue weighted by atomic mass is 19.1. The molecule has 0 aromatic rings. The number of halogens is 1. The first kappa shape index (κ1) is 17.6. The number of alkyl halides is 1. The topological polar surface area (TPSA) is 26.3 Å². The van der Waals surface area contributed by atoms with E-state index in [-0.39, 0.29) is 0 Å². The molecule has 0 bridgehead atoms. The van der Waals surface area contributed by atoms with Gasteiger partial charge in [0, 0.05) is 6.61 Å². The molecule has 1 aliphatic rings. The predicted molar refractivity (Wildman–Crippen MR) is 80.0 cm³/mol. The molecule has 0 N–H and O–H groups in total. The minimum Gasteiger partial charge on any atom is -0.378 e. The molecule has 116 valence electrons. The number of ether oxygens (including phenoxy) is 1. The molecule has 0 aromatic carbocycles. The first-order valence-electron chi connectivity index (χ1n) is 8.23. The molecule has 1 aliphatic carbocycles. The molecular formula is C17H29FO2. The van der Waals surface area contributed by atoms with Gasteiger partial charge in [0.05, 0.1) is 18.7 Å². The molecule has 0 aromatic heterocycles. The lowest BCUT2D eigenvalue weighted by Crippen LogP contribution is -2.17. The molecule has 20 heavy (non-hydrogen) atoms. The molecule has 0 aliphatic heterocycles. The summed E-state index contributed by atoms with van der Waals surface area (Å²) in [6.45, 7) is 0.342. The molecule has 3 heteroatoms. The summed E-state index contributed by atoms with van der Waals surface area (Å²) in [5, 5.41) is 0. The maximum absolute atomic E-state index is 12.2. The smallest absolute Gasteiger partial charge is 0.204 e. The van der Waals surface area contributed by atoms with Crippen molar-refractivity contribution >= 4 is 6.29 Å². The lowest BCUT2D eigenvalue weighted by Gasteiger charge is -2.21. The van der Waals surface area contributed by atoms with Crippen molar-refractivity contribution in [3.63, 3.8) is 0 Å². The molecule has 0 amide bonds. The summed E-state index contributed by atoms with van der Waals surface area (Å²) in [6, 6.07) is 0. The summed E-state index contributed by atoms with van der Waals surface area (Å²) in [7, 11) is 0. The lowest BCUT2D eigenvalue weighted by atomic mass is 9.98. The third-order valence-corrected chi connectivity index (χ3v) is 4.04. The average Bonchev–Trinajstić information content (AvgIpc) is 2.50. The fourth-order valence-electron chi connectivity index (χ4n) is 2.68. The van der Waals surface area contributed by atoms with Crippen LogP contribution in [-0.2, 0) is 9.53 Å². The Labute approximate surface area is 123 Å². The van der Waals surface area contributed by atoms with Crippen LogP contribution in [0.3, 0.4) is 0 Å². The van der Waals surface area contributed by atoms with E-state index in [0.717, 1.165) is 25.9 Å². The van der Waals surface area contributed by atoms with E-state index in [1.807, 2.05) is 0 Å². The van der Waals surface area contributed by atoms with Gasteiger partial charge >= 0.3 is 0 Å². The minimum absolute atomic E-state index is 0.490.